The number of carbonyl (C=O) groups is 2. The van der Waals surface area contributed by atoms with E-state index < -0.39 is 5.97 Å². The monoisotopic (exact) mass is 433 g/mol. The van der Waals surface area contributed by atoms with Gasteiger partial charge in [0.05, 0.1) is 10.3 Å². The number of aromatic nitrogens is 1. The zero-order valence-electron chi connectivity index (χ0n) is 16.6. The molecule has 8 heteroatoms. The number of nitrogens with two attached hydrogens (primary N) is 1. The summed E-state index contributed by atoms with van der Waals surface area (Å²) < 4.78 is 6.54. The summed E-state index contributed by atoms with van der Waals surface area (Å²) in [6.07, 6.45) is 1.26. The number of nitrogen functional groups attached to an aromatic ring is 1. The molecule has 0 spiro atoms. The number of ether oxygens (including phenoxy) is 1. The molecule has 0 atom stereocenters. The summed E-state index contributed by atoms with van der Waals surface area (Å²) in [6.45, 7) is 1.99. The highest BCUT2D eigenvalue weighted by atomic mass is 32.1. The van der Waals surface area contributed by atoms with E-state index in [1.54, 1.807) is 18.2 Å². The average molecular weight is 433 g/mol. The number of pyridine rings is 1. The van der Waals surface area contributed by atoms with Gasteiger partial charge < -0.3 is 20.9 Å². The fourth-order valence-electron chi connectivity index (χ4n) is 3.28. The van der Waals surface area contributed by atoms with Crippen LogP contribution in [0, 0.1) is 6.92 Å². The average Bonchev–Trinajstić information content (AvgIpc) is 3.18. The fraction of sp³-hybridized carbons (Fsp3) is 0.0870. The predicted molar refractivity (Wildman–Crippen MR) is 121 cm³/mol. The van der Waals surface area contributed by atoms with E-state index in [-0.39, 0.29) is 23.9 Å². The summed E-state index contributed by atoms with van der Waals surface area (Å²) >= 11 is 1.29. The van der Waals surface area contributed by atoms with Gasteiger partial charge in [-0.3, -0.25) is 4.79 Å². The smallest absolute Gasteiger partial charge is 0.338 e. The second-order valence-electron chi connectivity index (χ2n) is 6.86. The van der Waals surface area contributed by atoms with E-state index in [0.717, 1.165) is 5.56 Å². The van der Waals surface area contributed by atoms with Crippen molar-refractivity contribution >= 4 is 44.8 Å². The summed E-state index contributed by atoms with van der Waals surface area (Å²) in [7, 11) is 0. The lowest BCUT2D eigenvalue weighted by atomic mass is 10.1. The van der Waals surface area contributed by atoms with Gasteiger partial charge >= 0.3 is 5.97 Å². The van der Waals surface area contributed by atoms with Gasteiger partial charge in [0.2, 0.25) is 0 Å². The van der Waals surface area contributed by atoms with Crippen LogP contribution in [0.5, 0.6) is 5.75 Å². The van der Waals surface area contributed by atoms with Crippen molar-refractivity contribution in [2.45, 2.75) is 13.5 Å². The van der Waals surface area contributed by atoms with Gasteiger partial charge in [-0.05, 0) is 36.6 Å². The number of carboxylic acid groups (broad SMARTS) is 1. The molecule has 0 aliphatic carbocycles. The Kier molecular flexibility index (Phi) is 5.55. The zero-order valence-corrected chi connectivity index (χ0v) is 17.4. The van der Waals surface area contributed by atoms with Crippen LogP contribution in [0.15, 0.2) is 60.1 Å². The van der Waals surface area contributed by atoms with E-state index >= 15 is 0 Å². The number of hydrogen-bond acceptors (Lipinski definition) is 6. The standard InChI is InChI=1S/C23H19N3O4S/c1-13-16(22(27)26-15-6-3-2-4-7-15)8-5-9-18(13)30-11-14-12-31-20-17(23(28)29)10-25-21(24)19(14)20/h2-10,12H,11H2,1H3,(H2,24,25)(H,26,27)(H,28,29). The zero-order chi connectivity index (χ0) is 22.0. The van der Waals surface area contributed by atoms with Gasteiger partial charge in [0.15, 0.2) is 0 Å². The molecular weight excluding hydrogens is 414 g/mol. The molecule has 4 aromatic rings. The first-order valence-electron chi connectivity index (χ1n) is 9.42. The van der Waals surface area contributed by atoms with E-state index in [4.69, 9.17) is 10.5 Å². The maximum Gasteiger partial charge on any atom is 0.338 e. The minimum atomic E-state index is -1.06. The minimum absolute atomic E-state index is 0.108. The fourth-order valence-corrected chi connectivity index (χ4v) is 4.35. The topological polar surface area (TPSA) is 115 Å². The molecule has 0 radical (unpaired) electrons. The molecule has 0 saturated carbocycles. The molecule has 1 amide bonds. The molecule has 156 valence electrons. The van der Waals surface area contributed by atoms with Crippen molar-refractivity contribution in [3.05, 3.63) is 82.4 Å². The highest BCUT2D eigenvalue weighted by molar-refractivity contribution is 7.17. The molecule has 2 heterocycles. The molecule has 2 aromatic carbocycles. The Morgan fingerprint density at radius 2 is 1.90 bits per heavy atom. The largest absolute Gasteiger partial charge is 0.489 e. The molecule has 0 bridgehead atoms. The van der Waals surface area contributed by atoms with Crippen LogP contribution in [-0.2, 0) is 6.61 Å². The number of rotatable bonds is 6. The van der Waals surface area contributed by atoms with Crippen molar-refractivity contribution in [1.29, 1.82) is 0 Å². The number of thiophene rings is 1. The highest BCUT2D eigenvalue weighted by Gasteiger charge is 2.18. The number of amides is 1. The quantitative estimate of drug-likeness (QED) is 0.405. The first kappa shape index (κ1) is 20.4. The Morgan fingerprint density at radius 3 is 2.65 bits per heavy atom. The van der Waals surface area contributed by atoms with Crippen molar-refractivity contribution in [3.8, 4) is 5.75 Å². The minimum Gasteiger partial charge on any atom is -0.489 e. The number of hydrogen-bond donors (Lipinski definition) is 3. The highest BCUT2D eigenvalue weighted by Crippen LogP contribution is 2.33. The molecule has 0 unspecified atom stereocenters. The van der Waals surface area contributed by atoms with Crippen LogP contribution in [-0.4, -0.2) is 22.0 Å². The van der Waals surface area contributed by atoms with Crippen LogP contribution in [0.2, 0.25) is 0 Å². The summed E-state index contributed by atoms with van der Waals surface area (Å²) in [5.41, 5.74) is 8.77. The Balaban J connectivity index is 1.57. The summed E-state index contributed by atoms with van der Waals surface area (Å²) in [4.78, 5) is 28.2. The van der Waals surface area contributed by atoms with E-state index in [0.29, 0.717) is 32.6 Å². The first-order valence-corrected chi connectivity index (χ1v) is 10.3. The summed E-state index contributed by atoms with van der Waals surface area (Å²) in [5, 5.41) is 14.6. The Morgan fingerprint density at radius 1 is 1.13 bits per heavy atom. The first-order chi connectivity index (χ1) is 15.0. The normalized spacial score (nSPS) is 10.7. The van der Waals surface area contributed by atoms with Gasteiger partial charge in [0.25, 0.3) is 5.91 Å². The Labute approximate surface area is 182 Å². The van der Waals surface area contributed by atoms with Crippen LogP contribution >= 0.6 is 11.3 Å². The van der Waals surface area contributed by atoms with Gasteiger partial charge in [0, 0.05) is 34.0 Å². The molecule has 0 saturated heterocycles. The van der Waals surface area contributed by atoms with E-state index in [1.807, 2.05) is 42.6 Å². The third-order valence-corrected chi connectivity index (χ3v) is 5.94. The summed E-state index contributed by atoms with van der Waals surface area (Å²) in [6, 6.07) is 14.5. The van der Waals surface area contributed by atoms with Crippen molar-refractivity contribution in [2.75, 3.05) is 11.1 Å². The number of anilines is 2. The van der Waals surface area contributed by atoms with E-state index in [2.05, 4.69) is 10.3 Å². The number of nitrogens with zero attached hydrogens (tertiary/aromatic N) is 1. The Hall–Kier alpha value is -3.91. The van der Waals surface area contributed by atoms with Crippen molar-refractivity contribution in [2.24, 2.45) is 0 Å². The number of para-hydroxylation sites is 1. The molecule has 4 N–H and O–H groups in total. The van der Waals surface area contributed by atoms with Gasteiger partial charge in [-0.2, -0.15) is 0 Å². The second-order valence-corrected chi connectivity index (χ2v) is 7.74. The molecule has 31 heavy (non-hydrogen) atoms. The van der Waals surface area contributed by atoms with Crippen LogP contribution in [0.3, 0.4) is 0 Å². The lowest BCUT2D eigenvalue weighted by Crippen LogP contribution is -2.13. The van der Waals surface area contributed by atoms with Crippen molar-refractivity contribution < 1.29 is 19.4 Å². The van der Waals surface area contributed by atoms with Gasteiger partial charge in [-0.15, -0.1) is 11.3 Å². The number of nitrogens with one attached hydrogen (secondary N) is 1. The van der Waals surface area contributed by atoms with Crippen LogP contribution in [0.1, 0.15) is 31.8 Å². The maximum atomic E-state index is 12.7. The molecule has 2 aromatic heterocycles. The number of aromatic carboxylic acids is 1. The lowest BCUT2D eigenvalue weighted by molar-refractivity contribution is 0.0698. The molecule has 4 rings (SSSR count). The summed E-state index contributed by atoms with van der Waals surface area (Å²) in [5.74, 6) is -0.469. The molecule has 7 nitrogen and oxygen atoms in total. The van der Waals surface area contributed by atoms with Gasteiger partial charge in [0.1, 0.15) is 18.2 Å². The van der Waals surface area contributed by atoms with E-state index in [1.165, 1.54) is 17.5 Å². The SMILES string of the molecule is Cc1c(OCc2csc3c(C(=O)O)cnc(N)c23)cccc1C(=O)Nc1ccccc1. The Bertz CT molecular complexity index is 1280. The molecule has 0 aliphatic rings. The third kappa shape index (κ3) is 4.06. The van der Waals surface area contributed by atoms with Crippen LogP contribution in [0.4, 0.5) is 11.5 Å². The van der Waals surface area contributed by atoms with Gasteiger partial charge in [-0.1, -0.05) is 24.3 Å². The second kappa shape index (κ2) is 8.45. The number of carboxylic acids is 1. The van der Waals surface area contributed by atoms with Gasteiger partial charge in [-0.25, -0.2) is 9.78 Å². The van der Waals surface area contributed by atoms with Crippen molar-refractivity contribution in [1.82, 2.24) is 4.98 Å². The van der Waals surface area contributed by atoms with Crippen LogP contribution < -0.4 is 15.8 Å². The van der Waals surface area contributed by atoms with E-state index in [9.17, 15) is 14.7 Å². The molecule has 0 fully saturated rings. The predicted octanol–water partition coefficient (Wildman–Crippen LogP) is 4.72. The van der Waals surface area contributed by atoms with Crippen LogP contribution in [0.25, 0.3) is 10.1 Å². The third-order valence-electron chi connectivity index (χ3n) is 4.87. The lowest BCUT2D eigenvalue weighted by Gasteiger charge is -2.13. The number of benzene rings is 2. The number of carbonyl (C=O) groups excluding carboxylic acids is 1. The van der Waals surface area contributed by atoms with Crippen molar-refractivity contribution in [3.63, 3.8) is 0 Å². The maximum absolute atomic E-state index is 12.7. The molecular formula is C23H19N3O4S. The number of fused-ring (bicyclic) bond motifs is 1. The molecule has 0 aliphatic heterocycles.